The zero-order valence-electron chi connectivity index (χ0n) is 18.1. The molecule has 1 aromatic carbocycles. The Kier molecular flexibility index (Phi) is 6.44. The Morgan fingerprint density at radius 1 is 1.21 bits per heavy atom. The van der Waals surface area contributed by atoms with Crippen molar-refractivity contribution < 1.29 is 27.1 Å². The highest BCUT2D eigenvalue weighted by Crippen LogP contribution is 2.39. The van der Waals surface area contributed by atoms with Gasteiger partial charge in [0, 0.05) is 23.9 Å². The Bertz CT molecular complexity index is 1210. The molecule has 1 atom stereocenters. The first-order valence-corrected chi connectivity index (χ1v) is 10.7. The van der Waals surface area contributed by atoms with E-state index in [0.717, 1.165) is 37.6 Å². The second-order valence-electron chi connectivity index (χ2n) is 7.98. The molecule has 1 amide bonds. The number of amides is 1. The third kappa shape index (κ3) is 5.11. The summed E-state index contributed by atoms with van der Waals surface area (Å²) >= 11 is 6.03. The van der Waals surface area contributed by atoms with Gasteiger partial charge in [0.25, 0.3) is 5.91 Å². The van der Waals surface area contributed by atoms with E-state index in [1.165, 1.54) is 18.6 Å². The summed E-state index contributed by atoms with van der Waals surface area (Å²) in [5.74, 6) is -1.93. The summed E-state index contributed by atoms with van der Waals surface area (Å²) in [6.45, 7) is 2.44. The maximum Gasteiger partial charge on any atom is 0.425 e. The van der Waals surface area contributed by atoms with Crippen LogP contribution in [0, 0.1) is 12.7 Å². The van der Waals surface area contributed by atoms with Gasteiger partial charge in [-0.15, -0.1) is 0 Å². The predicted octanol–water partition coefficient (Wildman–Crippen LogP) is 6.10. The molecule has 1 saturated carbocycles. The van der Waals surface area contributed by atoms with Crippen LogP contribution in [0.25, 0.3) is 11.3 Å². The maximum absolute atomic E-state index is 15.1. The number of hydrogen-bond acceptors (Lipinski definition) is 5. The highest BCUT2D eigenvalue weighted by Gasteiger charge is 2.39. The summed E-state index contributed by atoms with van der Waals surface area (Å²) in [6, 6.07) is 3.41. The van der Waals surface area contributed by atoms with Gasteiger partial charge in [-0.1, -0.05) is 11.6 Å². The fraction of sp³-hybridized carbons (Fsp3) is 0.304. The minimum absolute atomic E-state index is 0.0254. The Balaban J connectivity index is 1.73. The molecule has 1 aliphatic carbocycles. The number of ether oxygens (including phenoxy) is 1. The van der Waals surface area contributed by atoms with Crippen molar-refractivity contribution in [1.29, 1.82) is 0 Å². The number of halogens is 5. The number of carbonyl (C=O) groups is 1. The smallest absolute Gasteiger partial charge is 0.425 e. The van der Waals surface area contributed by atoms with Gasteiger partial charge < -0.3 is 10.1 Å². The van der Waals surface area contributed by atoms with E-state index in [1.54, 1.807) is 13.0 Å². The number of benzene rings is 1. The minimum atomic E-state index is -4.71. The SMILES string of the molecule is Cc1ccnc(Cl)c1NC(=O)c1cc(F)c(-c2cnc(C3CC3)cn2)cc1OC(C)C(F)(F)F. The largest absolute Gasteiger partial charge is 0.480 e. The number of pyridine rings is 1. The fourth-order valence-electron chi connectivity index (χ4n) is 3.21. The number of nitrogens with zero attached hydrogens (tertiary/aromatic N) is 3. The van der Waals surface area contributed by atoms with E-state index in [0.29, 0.717) is 11.5 Å². The molecule has 1 unspecified atom stereocenters. The lowest BCUT2D eigenvalue weighted by Gasteiger charge is -2.21. The number of anilines is 1. The molecule has 0 spiro atoms. The summed E-state index contributed by atoms with van der Waals surface area (Å²) in [6.07, 6.45) is -0.682. The lowest BCUT2D eigenvalue weighted by Crippen LogP contribution is -2.32. The number of hydrogen-bond donors (Lipinski definition) is 1. The first-order chi connectivity index (χ1) is 16.0. The summed E-state index contributed by atoms with van der Waals surface area (Å²) in [4.78, 5) is 25.3. The summed E-state index contributed by atoms with van der Waals surface area (Å²) in [7, 11) is 0. The maximum atomic E-state index is 15.1. The average molecular weight is 495 g/mol. The van der Waals surface area contributed by atoms with E-state index in [9.17, 15) is 18.0 Å². The molecule has 1 fully saturated rings. The van der Waals surface area contributed by atoms with Crippen molar-refractivity contribution >= 4 is 23.2 Å². The van der Waals surface area contributed by atoms with Crippen molar-refractivity contribution in [3.63, 3.8) is 0 Å². The van der Waals surface area contributed by atoms with Crippen LogP contribution in [0.1, 0.15) is 47.3 Å². The predicted molar refractivity (Wildman–Crippen MR) is 117 cm³/mol. The van der Waals surface area contributed by atoms with Gasteiger partial charge in [-0.05, 0) is 50.5 Å². The van der Waals surface area contributed by atoms with Crippen LogP contribution >= 0.6 is 11.6 Å². The van der Waals surface area contributed by atoms with Crippen LogP contribution in [-0.4, -0.2) is 33.1 Å². The highest BCUT2D eigenvalue weighted by atomic mass is 35.5. The number of rotatable bonds is 6. The van der Waals surface area contributed by atoms with Gasteiger partial charge in [0.2, 0.25) is 0 Å². The zero-order valence-corrected chi connectivity index (χ0v) is 18.8. The average Bonchev–Trinajstić information content (AvgIpc) is 3.62. The molecule has 1 N–H and O–H groups in total. The molecule has 34 heavy (non-hydrogen) atoms. The molecule has 178 valence electrons. The lowest BCUT2D eigenvalue weighted by atomic mass is 10.1. The molecule has 0 aliphatic heterocycles. The lowest BCUT2D eigenvalue weighted by molar-refractivity contribution is -0.189. The molecule has 6 nitrogen and oxygen atoms in total. The summed E-state index contributed by atoms with van der Waals surface area (Å²) in [5, 5.41) is 2.45. The molecule has 4 rings (SSSR count). The van der Waals surface area contributed by atoms with Crippen LogP contribution in [0.3, 0.4) is 0 Å². The fourth-order valence-corrected chi connectivity index (χ4v) is 3.46. The Morgan fingerprint density at radius 2 is 1.94 bits per heavy atom. The van der Waals surface area contributed by atoms with Gasteiger partial charge in [0.05, 0.1) is 28.8 Å². The quantitative estimate of drug-likeness (QED) is 0.331. The van der Waals surface area contributed by atoms with Crippen LogP contribution in [0.4, 0.5) is 23.2 Å². The van der Waals surface area contributed by atoms with Crippen LogP contribution in [-0.2, 0) is 0 Å². The Hall–Kier alpha value is -3.27. The number of aromatic nitrogens is 3. The molecule has 1 aliphatic rings. The first-order valence-electron chi connectivity index (χ1n) is 10.4. The van der Waals surface area contributed by atoms with Crippen molar-refractivity contribution in [3.8, 4) is 17.0 Å². The molecule has 3 aromatic rings. The number of aryl methyl sites for hydroxylation is 1. The van der Waals surface area contributed by atoms with E-state index >= 15 is 4.39 Å². The first kappa shape index (κ1) is 23.9. The highest BCUT2D eigenvalue weighted by molar-refractivity contribution is 6.33. The molecule has 2 heterocycles. The second-order valence-corrected chi connectivity index (χ2v) is 8.34. The normalized spacial score (nSPS) is 14.6. The number of nitrogens with one attached hydrogen (secondary N) is 1. The van der Waals surface area contributed by atoms with Crippen LogP contribution < -0.4 is 10.1 Å². The zero-order chi connectivity index (χ0) is 24.6. The summed E-state index contributed by atoms with van der Waals surface area (Å²) < 4.78 is 59.7. The van der Waals surface area contributed by atoms with Crippen LogP contribution in [0.2, 0.25) is 5.15 Å². The topological polar surface area (TPSA) is 77.0 Å². The number of alkyl halides is 3. The van der Waals surface area contributed by atoms with Crippen molar-refractivity contribution in [2.24, 2.45) is 0 Å². The van der Waals surface area contributed by atoms with Gasteiger partial charge in [-0.2, -0.15) is 13.2 Å². The van der Waals surface area contributed by atoms with Crippen LogP contribution in [0.15, 0.2) is 36.8 Å². The molecule has 11 heteroatoms. The Morgan fingerprint density at radius 3 is 2.53 bits per heavy atom. The summed E-state index contributed by atoms with van der Waals surface area (Å²) in [5.41, 5.74) is 0.985. The third-order valence-electron chi connectivity index (χ3n) is 5.37. The van der Waals surface area contributed by atoms with E-state index in [4.69, 9.17) is 16.3 Å². The van der Waals surface area contributed by atoms with Gasteiger partial charge >= 0.3 is 6.18 Å². The standard InChI is InChI=1S/C23H19ClF4N4O2/c1-11-5-6-29-21(24)20(11)32-22(33)15-7-16(25)14(8-19(15)34-12(2)23(26,27)28)18-10-30-17(9-31-18)13-3-4-13/h5-10,12-13H,3-4H2,1-2H3,(H,32,33). The van der Waals surface area contributed by atoms with E-state index in [-0.39, 0.29) is 22.1 Å². The van der Waals surface area contributed by atoms with Crippen molar-refractivity contribution in [3.05, 3.63) is 64.6 Å². The molecule has 0 bridgehead atoms. The third-order valence-corrected chi connectivity index (χ3v) is 5.66. The van der Waals surface area contributed by atoms with Gasteiger partial charge in [0.1, 0.15) is 11.6 Å². The van der Waals surface area contributed by atoms with E-state index in [2.05, 4.69) is 20.3 Å². The molecule has 0 saturated heterocycles. The van der Waals surface area contributed by atoms with Gasteiger partial charge in [0.15, 0.2) is 11.3 Å². The van der Waals surface area contributed by atoms with E-state index < -0.39 is 35.3 Å². The Labute approximate surface area is 197 Å². The minimum Gasteiger partial charge on any atom is -0.480 e. The van der Waals surface area contributed by atoms with E-state index in [1.807, 2.05) is 0 Å². The van der Waals surface area contributed by atoms with Crippen molar-refractivity contribution in [1.82, 2.24) is 15.0 Å². The molecular weight excluding hydrogens is 476 g/mol. The second kappa shape index (κ2) is 9.17. The molecule has 0 radical (unpaired) electrons. The van der Waals surface area contributed by atoms with Gasteiger partial charge in [-0.3, -0.25) is 14.8 Å². The molecular formula is C23H19ClF4N4O2. The number of carbonyl (C=O) groups excluding carboxylic acids is 1. The van der Waals surface area contributed by atoms with Gasteiger partial charge in [-0.25, -0.2) is 9.37 Å². The van der Waals surface area contributed by atoms with Crippen molar-refractivity contribution in [2.75, 3.05) is 5.32 Å². The van der Waals surface area contributed by atoms with Crippen molar-refractivity contribution in [2.45, 2.75) is 44.9 Å². The molecule has 2 aromatic heterocycles. The van der Waals surface area contributed by atoms with Crippen LogP contribution in [0.5, 0.6) is 5.75 Å². The monoisotopic (exact) mass is 494 g/mol.